The summed E-state index contributed by atoms with van der Waals surface area (Å²) in [4.78, 5) is 17.3. The number of esters is 1. The molecule has 7 nitrogen and oxygen atoms in total. The molecule has 0 spiro atoms. The van der Waals surface area contributed by atoms with Crippen LogP contribution in [0.2, 0.25) is 10.0 Å². The third-order valence-electron chi connectivity index (χ3n) is 8.68. The molecule has 0 amide bonds. The van der Waals surface area contributed by atoms with Crippen molar-refractivity contribution < 1.29 is 14.1 Å². The third kappa shape index (κ3) is 4.22. The Balaban J connectivity index is 1.08. The number of methoxy groups -OCH3 is 1. The minimum atomic E-state index is -0.305. The largest absolute Gasteiger partial charge is 0.465 e. The van der Waals surface area contributed by atoms with E-state index in [0.717, 1.165) is 72.4 Å². The number of benzene rings is 2. The van der Waals surface area contributed by atoms with Gasteiger partial charge in [-0.25, -0.2) is 4.79 Å². The number of hydrogen-bond donors (Lipinski definition) is 0. The SMILES string of the molecule is COC(=O)c1cn(C)c2cc(N3CC4CC(C3)N4CCc3c(-c4c(Cl)cccc4Cl)noc3C3CC3)ccc12. The molecule has 39 heavy (non-hydrogen) atoms. The van der Waals surface area contributed by atoms with Gasteiger partial charge in [-0.2, -0.15) is 0 Å². The molecule has 1 aliphatic carbocycles. The standard InChI is InChI=1S/C30H30Cl2N4O3/c1-34-16-23(30(37)38-2)21-9-8-18(13-26(21)34)35-14-19-12-20(15-35)36(19)11-10-22-28(33-39-29(22)17-6-7-17)27-24(31)4-3-5-25(27)32/h3-5,8-9,13,16-17,19-20H,6-7,10-12,14-15H2,1-2H3. The molecule has 8 rings (SSSR count). The van der Waals surface area contributed by atoms with Crippen LogP contribution in [0.3, 0.4) is 0 Å². The summed E-state index contributed by atoms with van der Waals surface area (Å²) in [6.07, 6.45) is 6.23. The third-order valence-corrected chi connectivity index (χ3v) is 9.31. The topological polar surface area (TPSA) is 63.7 Å². The van der Waals surface area contributed by atoms with Crippen LogP contribution in [0.5, 0.6) is 0 Å². The molecule has 2 aromatic heterocycles. The Labute approximate surface area is 237 Å². The Morgan fingerprint density at radius 2 is 1.87 bits per heavy atom. The molecule has 202 valence electrons. The van der Waals surface area contributed by atoms with Gasteiger partial charge in [-0.3, -0.25) is 4.90 Å². The first kappa shape index (κ1) is 25.0. The highest BCUT2D eigenvalue weighted by molar-refractivity contribution is 6.39. The highest BCUT2D eigenvalue weighted by Gasteiger charge is 2.44. The number of nitrogens with zero attached hydrogens (tertiary/aromatic N) is 4. The number of aryl methyl sites for hydroxylation is 1. The van der Waals surface area contributed by atoms with E-state index in [1.165, 1.54) is 19.2 Å². The van der Waals surface area contributed by atoms with Crippen LogP contribution < -0.4 is 4.90 Å². The second-order valence-electron chi connectivity index (χ2n) is 11.0. The first-order valence-corrected chi connectivity index (χ1v) is 14.3. The summed E-state index contributed by atoms with van der Waals surface area (Å²) in [7, 11) is 3.39. The molecule has 4 aromatic rings. The first-order chi connectivity index (χ1) is 18.9. The van der Waals surface area contributed by atoms with E-state index >= 15 is 0 Å². The highest BCUT2D eigenvalue weighted by atomic mass is 35.5. The molecule has 4 aliphatic rings. The fourth-order valence-electron chi connectivity index (χ4n) is 6.50. The van der Waals surface area contributed by atoms with Gasteiger partial charge < -0.3 is 18.7 Å². The van der Waals surface area contributed by atoms with Gasteiger partial charge in [-0.15, -0.1) is 0 Å². The van der Waals surface area contributed by atoms with Crippen LogP contribution in [-0.4, -0.2) is 59.4 Å². The predicted molar refractivity (Wildman–Crippen MR) is 153 cm³/mol. The van der Waals surface area contributed by atoms with Gasteiger partial charge in [-0.1, -0.05) is 34.4 Å². The van der Waals surface area contributed by atoms with Gasteiger partial charge in [0, 0.05) is 73.1 Å². The number of aromatic nitrogens is 2. The number of piperazine rings is 1. The van der Waals surface area contributed by atoms with Crippen LogP contribution in [0.25, 0.3) is 22.2 Å². The zero-order valence-corrected chi connectivity index (χ0v) is 23.5. The smallest absolute Gasteiger partial charge is 0.340 e. The molecule has 2 aromatic carbocycles. The van der Waals surface area contributed by atoms with Gasteiger partial charge >= 0.3 is 5.97 Å². The maximum Gasteiger partial charge on any atom is 0.340 e. The number of rotatable bonds is 7. The van der Waals surface area contributed by atoms with Crippen LogP contribution in [0.4, 0.5) is 5.69 Å². The number of hydrogen-bond acceptors (Lipinski definition) is 6. The van der Waals surface area contributed by atoms with Gasteiger partial charge in [0.25, 0.3) is 0 Å². The lowest BCUT2D eigenvalue weighted by Gasteiger charge is -2.57. The van der Waals surface area contributed by atoms with Crippen molar-refractivity contribution >= 4 is 45.8 Å². The maximum atomic E-state index is 12.2. The van der Waals surface area contributed by atoms with Crippen LogP contribution >= 0.6 is 23.2 Å². The van der Waals surface area contributed by atoms with Crippen molar-refractivity contribution in [3.05, 3.63) is 69.5 Å². The Hall–Kier alpha value is -3.00. The molecule has 1 saturated carbocycles. The zero-order chi connectivity index (χ0) is 26.8. The van der Waals surface area contributed by atoms with Gasteiger partial charge in [0.05, 0.1) is 28.2 Å². The normalized spacial score (nSPS) is 20.9. The molecule has 4 fully saturated rings. The molecule has 3 saturated heterocycles. The number of ether oxygens (including phenoxy) is 1. The van der Waals surface area contributed by atoms with Crippen molar-refractivity contribution in [2.24, 2.45) is 7.05 Å². The first-order valence-electron chi connectivity index (χ1n) is 13.5. The number of fused-ring (bicyclic) bond motifs is 3. The molecule has 0 N–H and O–H groups in total. The second-order valence-corrected chi connectivity index (χ2v) is 11.8. The number of carbonyl (C=O) groups is 1. The van der Waals surface area contributed by atoms with Gasteiger partial charge in [0.1, 0.15) is 11.5 Å². The molecule has 2 bridgehead atoms. The summed E-state index contributed by atoms with van der Waals surface area (Å²) in [5, 5.41) is 6.59. The summed E-state index contributed by atoms with van der Waals surface area (Å²) >= 11 is 13.1. The average molecular weight is 566 g/mol. The number of halogens is 2. The Morgan fingerprint density at radius 1 is 1.13 bits per heavy atom. The summed E-state index contributed by atoms with van der Waals surface area (Å²) in [6.45, 7) is 2.93. The van der Waals surface area contributed by atoms with E-state index in [-0.39, 0.29) is 5.97 Å². The number of piperidine rings is 1. The number of anilines is 1. The van der Waals surface area contributed by atoms with Crippen molar-refractivity contribution in [1.82, 2.24) is 14.6 Å². The lowest BCUT2D eigenvalue weighted by atomic mass is 9.86. The van der Waals surface area contributed by atoms with Crippen LogP contribution in [0, 0.1) is 0 Å². The van der Waals surface area contributed by atoms with E-state index in [4.69, 9.17) is 32.5 Å². The maximum absolute atomic E-state index is 12.2. The molecule has 2 atom stereocenters. The molecule has 3 aliphatic heterocycles. The monoisotopic (exact) mass is 564 g/mol. The molecule has 9 heteroatoms. The molecule has 0 radical (unpaired) electrons. The zero-order valence-electron chi connectivity index (χ0n) is 22.0. The molecule has 5 heterocycles. The van der Waals surface area contributed by atoms with E-state index < -0.39 is 0 Å². The summed E-state index contributed by atoms with van der Waals surface area (Å²) < 4.78 is 12.8. The lowest BCUT2D eigenvalue weighted by Crippen LogP contribution is -2.69. The Kier molecular flexibility index (Phi) is 6.14. The van der Waals surface area contributed by atoms with E-state index in [1.807, 2.05) is 42.1 Å². The van der Waals surface area contributed by atoms with Crippen LogP contribution in [0.1, 0.15) is 46.9 Å². The Bertz CT molecular complexity index is 1560. The van der Waals surface area contributed by atoms with E-state index in [0.29, 0.717) is 33.6 Å². The summed E-state index contributed by atoms with van der Waals surface area (Å²) in [5.41, 5.74) is 5.56. The van der Waals surface area contributed by atoms with Gasteiger partial charge in [-0.05, 0) is 56.0 Å². The quantitative estimate of drug-likeness (QED) is 0.245. The minimum absolute atomic E-state index is 0.305. The second kappa shape index (κ2) is 9.58. The molecule has 2 unspecified atom stereocenters. The average Bonchev–Trinajstić information content (AvgIpc) is 3.62. The summed E-state index contributed by atoms with van der Waals surface area (Å²) in [6, 6.07) is 13.0. The van der Waals surface area contributed by atoms with Crippen LogP contribution in [0.15, 0.2) is 47.1 Å². The van der Waals surface area contributed by atoms with Gasteiger partial charge in [0.2, 0.25) is 0 Å². The van der Waals surface area contributed by atoms with Crippen molar-refractivity contribution in [2.75, 3.05) is 31.6 Å². The van der Waals surface area contributed by atoms with E-state index in [9.17, 15) is 4.79 Å². The van der Waals surface area contributed by atoms with Crippen LogP contribution in [-0.2, 0) is 18.2 Å². The minimum Gasteiger partial charge on any atom is -0.465 e. The fraction of sp³-hybridized carbons (Fsp3) is 0.400. The van der Waals surface area contributed by atoms with Crippen molar-refractivity contribution in [3.8, 4) is 11.3 Å². The molecular weight excluding hydrogens is 535 g/mol. The predicted octanol–water partition coefficient (Wildman–Crippen LogP) is 6.31. The fourth-order valence-corrected chi connectivity index (χ4v) is 7.07. The van der Waals surface area contributed by atoms with E-state index in [1.54, 1.807) is 0 Å². The van der Waals surface area contributed by atoms with Crippen molar-refractivity contribution in [3.63, 3.8) is 0 Å². The van der Waals surface area contributed by atoms with Gasteiger partial charge in [0.15, 0.2) is 0 Å². The van der Waals surface area contributed by atoms with Crippen molar-refractivity contribution in [2.45, 2.75) is 43.7 Å². The highest BCUT2D eigenvalue weighted by Crippen LogP contribution is 2.46. The molecular formula is C30H30Cl2N4O3. The van der Waals surface area contributed by atoms with Crippen molar-refractivity contribution in [1.29, 1.82) is 0 Å². The number of carbonyl (C=O) groups excluding carboxylic acids is 1. The lowest BCUT2D eigenvalue weighted by molar-refractivity contribution is 0.000540. The summed E-state index contributed by atoms with van der Waals surface area (Å²) in [5.74, 6) is 1.16. The van der Waals surface area contributed by atoms with E-state index in [2.05, 4.69) is 27.1 Å². The Morgan fingerprint density at radius 3 is 2.56 bits per heavy atom.